The molecule has 2 aliphatic rings. The molecule has 8 nitrogen and oxygen atoms in total. The van der Waals surface area contributed by atoms with Crippen molar-refractivity contribution in [2.45, 2.75) is 31.7 Å². The van der Waals surface area contributed by atoms with Crippen LogP contribution in [0.1, 0.15) is 35.2 Å². The predicted octanol–water partition coefficient (Wildman–Crippen LogP) is 2.44. The summed E-state index contributed by atoms with van der Waals surface area (Å²) in [6, 6.07) is 11.8. The van der Waals surface area contributed by atoms with E-state index >= 15 is 0 Å². The first-order valence-electron chi connectivity index (χ1n) is 11.6. The van der Waals surface area contributed by atoms with Crippen LogP contribution >= 0.6 is 0 Å². The molecule has 0 saturated carbocycles. The minimum absolute atomic E-state index is 0.0395. The van der Waals surface area contributed by atoms with E-state index < -0.39 is 5.91 Å². The third-order valence-corrected chi connectivity index (χ3v) is 6.32. The Balaban J connectivity index is 1.43. The molecule has 0 aliphatic carbocycles. The zero-order valence-electron chi connectivity index (χ0n) is 18.9. The van der Waals surface area contributed by atoms with Gasteiger partial charge in [-0.2, -0.15) is 0 Å². The highest BCUT2D eigenvalue weighted by molar-refractivity contribution is 5.98. The van der Waals surface area contributed by atoms with Gasteiger partial charge in [-0.25, -0.2) is 4.98 Å². The van der Waals surface area contributed by atoms with E-state index in [1.54, 1.807) is 12.1 Å². The van der Waals surface area contributed by atoms with Gasteiger partial charge in [-0.1, -0.05) is 18.7 Å². The third-order valence-electron chi connectivity index (χ3n) is 6.32. The van der Waals surface area contributed by atoms with Gasteiger partial charge in [0.1, 0.15) is 11.6 Å². The number of anilines is 3. The Bertz CT molecular complexity index is 1000. The second kappa shape index (κ2) is 10.5. The van der Waals surface area contributed by atoms with Crippen molar-refractivity contribution in [3.8, 4) is 0 Å². The number of benzene rings is 1. The molecule has 3 heterocycles. The van der Waals surface area contributed by atoms with Gasteiger partial charge in [0.2, 0.25) is 5.91 Å². The van der Waals surface area contributed by atoms with Gasteiger partial charge >= 0.3 is 0 Å². The first kappa shape index (κ1) is 22.8. The quantitative estimate of drug-likeness (QED) is 0.509. The van der Waals surface area contributed by atoms with Crippen molar-refractivity contribution >= 4 is 29.1 Å². The molecule has 1 aromatic carbocycles. The summed E-state index contributed by atoms with van der Waals surface area (Å²) in [5, 5.41) is 6.19. The van der Waals surface area contributed by atoms with Crippen LogP contribution in [0.3, 0.4) is 0 Å². The summed E-state index contributed by atoms with van der Waals surface area (Å²) in [5.74, 6) is 0.463. The molecule has 0 radical (unpaired) electrons. The van der Waals surface area contributed by atoms with Gasteiger partial charge in [0.25, 0.3) is 5.91 Å². The number of pyridine rings is 1. The number of carbonyl (C=O) groups excluding carboxylic acids is 2. The molecule has 2 aliphatic heterocycles. The Kier molecular flexibility index (Phi) is 7.24. The molecule has 174 valence electrons. The van der Waals surface area contributed by atoms with E-state index in [0.29, 0.717) is 17.9 Å². The number of nitrogens with one attached hydrogen (secondary N) is 2. The molecule has 1 atom stereocenters. The van der Waals surface area contributed by atoms with E-state index in [4.69, 9.17) is 10.7 Å². The molecular formula is C25H32N6O2. The zero-order chi connectivity index (χ0) is 23.2. The Morgan fingerprint density at radius 3 is 2.58 bits per heavy atom. The number of aromatic nitrogens is 1. The predicted molar refractivity (Wildman–Crippen MR) is 131 cm³/mol. The maximum absolute atomic E-state index is 12.0. The number of nitrogens with zero attached hydrogens (tertiary/aromatic N) is 3. The van der Waals surface area contributed by atoms with Gasteiger partial charge in [0.15, 0.2) is 0 Å². The molecule has 2 amide bonds. The summed E-state index contributed by atoms with van der Waals surface area (Å²) in [7, 11) is 0. The van der Waals surface area contributed by atoms with E-state index in [2.05, 4.69) is 39.1 Å². The van der Waals surface area contributed by atoms with E-state index in [-0.39, 0.29) is 11.9 Å². The average molecular weight is 449 g/mol. The zero-order valence-corrected chi connectivity index (χ0v) is 18.9. The summed E-state index contributed by atoms with van der Waals surface area (Å²) in [6.45, 7) is 8.40. The molecule has 0 bridgehead atoms. The molecule has 1 aromatic heterocycles. The van der Waals surface area contributed by atoms with Gasteiger partial charge < -0.3 is 26.2 Å². The smallest absolute Gasteiger partial charge is 0.252 e. The lowest BCUT2D eigenvalue weighted by Crippen LogP contribution is -2.36. The minimum Gasteiger partial charge on any atom is -0.365 e. The maximum atomic E-state index is 12.0. The van der Waals surface area contributed by atoms with Gasteiger partial charge in [-0.05, 0) is 74.7 Å². The number of primary amides is 1. The second-order valence-corrected chi connectivity index (χ2v) is 8.69. The Morgan fingerprint density at radius 2 is 1.88 bits per heavy atom. The fraction of sp³-hybridized carbons (Fsp3) is 0.400. The van der Waals surface area contributed by atoms with E-state index in [1.807, 2.05) is 12.1 Å². The molecular weight excluding hydrogens is 416 g/mol. The van der Waals surface area contributed by atoms with Gasteiger partial charge in [0.05, 0.1) is 5.56 Å². The van der Waals surface area contributed by atoms with Crippen LogP contribution in [0.4, 0.5) is 17.3 Å². The van der Waals surface area contributed by atoms with E-state index in [9.17, 15) is 9.59 Å². The first-order valence-corrected chi connectivity index (χ1v) is 11.6. The largest absolute Gasteiger partial charge is 0.365 e. The molecule has 4 N–H and O–H groups in total. The van der Waals surface area contributed by atoms with Crippen LogP contribution in [-0.2, 0) is 11.2 Å². The lowest BCUT2D eigenvalue weighted by atomic mass is 10.1. The second-order valence-electron chi connectivity index (χ2n) is 8.69. The highest BCUT2D eigenvalue weighted by atomic mass is 16.1. The number of likely N-dealkylation sites (tertiary alicyclic amines) is 1. The number of rotatable bonds is 9. The van der Waals surface area contributed by atoms with Crippen LogP contribution < -0.4 is 21.3 Å². The first-order chi connectivity index (χ1) is 16.0. The molecule has 0 spiro atoms. The Hall–Kier alpha value is -3.39. The lowest BCUT2D eigenvalue weighted by Gasteiger charge is -2.20. The van der Waals surface area contributed by atoms with Crippen molar-refractivity contribution in [1.29, 1.82) is 0 Å². The summed E-state index contributed by atoms with van der Waals surface area (Å²) >= 11 is 0. The van der Waals surface area contributed by atoms with Crippen LogP contribution in [0, 0.1) is 0 Å². The molecule has 33 heavy (non-hydrogen) atoms. The Morgan fingerprint density at radius 1 is 1.12 bits per heavy atom. The summed E-state index contributed by atoms with van der Waals surface area (Å²) < 4.78 is 0. The van der Waals surface area contributed by atoms with Crippen LogP contribution in [0.5, 0.6) is 0 Å². The normalized spacial score (nSPS) is 18.3. The third kappa shape index (κ3) is 5.90. The summed E-state index contributed by atoms with van der Waals surface area (Å²) in [5.41, 5.74) is 8.07. The van der Waals surface area contributed by atoms with Gasteiger partial charge in [-0.3, -0.25) is 9.59 Å². The van der Waals surface area contributed by atoms with Crippen molar-refractivity contribution in [2.24, 2.45) is 5.73 Å². The van der Waals surface area contributed by atoms with Crippen LogP contribution in [0.25, 0.3) is 0 Å². The van der Waals surface area contributed by atoms with Crippen LogP contribution in [0.2, 0.25) is 0 Å². The monoisotopic (exact) mass is 448 g/mol. The highest BCUT2D eigenvalue weighted by Gasteiger charge is 2.25. The number of hydrogen-bond acceptors (Lipinski definition) is 6. The highest BCUT2D eigenvalue weighted by Crippen LogP contribution is 2.25. The van der Waals surface area contributed by atoms with Crippen LogP contribution in [0.15, 0.2) is 49.1 Å². The van der Waals surface area contributed by atoms with E-state index in [0.717, 1.165) is 37.4 Å². The molecule has 4 rings (SSSR count). The SMILES string of the molecule is C=CC(=O)NC1CCN(c2ccc(C(N)=O)c(Nc3ccc(CCN4CCCC4)cc3)n2)C1. The molecule has 2 saturated heterocycles. The fourth-order valence-electron chi connectivity index (χ4n) is 4.45. The summed E-state index contributed by atoms with van der Waals surface area (Å²) in [4.78, 5) is 32.9. The lowest BCUT2D eigenvalue weighted by molar-refractivity contribution is -0.117. The van der Waals surface area contributed by atoms with Crippen molar-refractivity contribution in [2.75, 3.05) is 42.9 Å². The maximum Gasteiger partial charge on any atom is 0.252 e. The number of nitrogens with two attached hydrogens (primary N) is 1. The number of carbonyl (C=O) groups is 2. The summed E-state index contributed by atoms with van der Waals surface area (Å²) in [6.07, 6.45) is 5.74. The van der Waals surface area contributed by atoms with Crippen molar-refractivity contribution in [3.63, 3.8) is 0 Å². The topological polar surface area (TPSA) is 104 Å². The van der Waals surface area contributed by atoms with Gasteiger partial charge in [0, 0.05) is 31.4 Å². The van der Waals surface area contributed by atoms with Crippen molar-refractivity contribution < 1.29 is 9.59 Å². The number of hydrogen-bond donors (Lipinski definition) is 3. The number of amides is 2. The van der Waals surface area contributed by atoms with E-state index in [1.165, 1.54) is 37.6 Å². The molecule has 2 fully saturated rings. The standard InChI is InChI=1S/C25H32N6O2/c1-2-23(32)27-20-12-16-31(17-20)22-10-9-21(24(26)33)25(29-22)28-19-7-5-18(6-8-19)11-15-30-13-3-4-14-30/h2,5-10,20H,1,3-4,11-17H2,(H2,26,33)(H,27,32)(H,28,29). The minimum atomic E-state index is -0.531. The van der Waals surface area contributed by atoms with Crippen molar-refractivity contribution in [3.05, 3.63) is 60.2 Å². The van der Waals surface area contributed by atoms with Crippen LogP contribution in [-0.4, -0.2) is 60.5 Å². The van der Waals surface area contributed by atoms with Crippen molar-refractivity contribution in [1.82, 2.24) is 15.2 Å². The average Bonchev–Trinajstić information content (AvgIpc) is 3.50. The molecule has 1 unspecified atom stereocenters. The fourth-order valence-corrected chi connectivity index (χ4v) is 4.45. The van der Waals surface area contributed by atoms with Gasteiger partial charge in [-0.15, -0.1) is 0 Å². The molecule has 2 aromatic rings. The molecule has 8 heteroatoms. The Labute approximate surface area is 194 Å².